The molecule has 0 spiro atoms. The Morgan fingerprint density at radius 1 is 1.56 bits per heavy atom. The van der Waals surface area contributed by atoms with Crippen LogP contribution in [0.4, 0.5) is 10.2 Å². The van der Waals surface area contributed by atoms with Gasteiger partial charge >= 0.3 is 0 Å². The molecular formula is C10H14FIN2O2. The molecule has 0 fully saturated rings. The zero-order valence-corrected chi connectivity index (χ0v) is 11.3. The van der Waals surface area contributed by atoms with Gasteiger partial charge in [0.25, 0.3) is 0 Å². The Morgan fingerprint density at radius 2 is 2.31 bits per heavy atom. The third kappa shape index (κ3) is 4.18. The number of halogens is 2. The van der Waals surface area contributed by atoms with Crippen LogP contribution in [-0.4, -0.2) is 38.5 Å². The van der Waals surface area contributed by atoms with Crippen molar-refractivity contribution in [3.8, 4) is 0 Å². The summed E-state index contributed by atoms with van der Waals surface area (Å²) < 4.78 is 24.2. The van der Waals surface area contributed by atoms with Gasteiger partial charge in [-0.1, -0.05) is 0 Å². The highest BCUT2D eigenvalue weighted by molar-refractivity contribution is 14.1. The molecule has 6 heteroatoms. The zero-order chi connectivity index (χ0) is 12.0. The van der Waals surface area contributed by atoms with Crippen molar-refractivity contribution in [2.45, 2.75) is 6.10 Å². The Bertz CT molecular complexity index is 339. The standard InChI is InChI=1S/C10H14FIN2O2/c1-15-6-8(16-2)5-14-10-9(11)3-7(12)4-13-10/h3-4,8H,5-6H2,1-2H3,(H,13,14). The van der Waals surface area contributed by atoms with Crippen LogP contribution in [0.1, 0.15) is 0 Å². The maximum atomic E-state index is 13.4. The summed E-state index contributed by atoms with van der Waals surface area (Å²) >= 11 is 2.01. The van der Waals surface area contributed by atoms with Crippen LogP contribution in [0.5, 0.6) is 0 Å². The second kappa shape index (κ2) is 6.97. The van der Waals surface area contributed by atoms with Crippen LogP contribution < -0.4 is 5.32 Å². The predicted octanol–water partition coefficient (Wildman–Crippen LogP) is 1.90. The van der Waals surface area contributed by atoms with Crippen molar-refractivity contribution in [2.24, 2.45) is 0 Å². The van der Waals surface area contributed by atoms with Gasteiger partial charge < -0.3 is 14.8 Å². The Balaban J connectivity index is 2.53. The second-order valence-corrected chi connectivity index (χ2v) is 4.42. The van der Waals surface area contributed by atoms with Gasteiger partial charge in [-0.25, -0.2) is 9.37 Å². The second-order valence-electron chi connectivity index (χ2n) is 3.18. The van der Waals surface area contributed by atoms with Crippen LogP contribution in [0.15, 0.2) is 12.3 Å². The average Bonchev–Trinajstić information content (AvgIpc) is 2.26. The molecule has 1 heterocycles. The van der Waals surface area contributed by atoms with E-state index in [9.17, 15) is 4.39 Å². The summed E-state index contributed by atoms with van der Waals surface area (Å²) in [6.45, 7) is 0.907. The highest BCUT2D eigenvalue weighted by atomic mass is 127. The van der Waals surface area contributed by atoms with E-state index < -0.39 is 0 Å². The van der Waals surface area contributed by atoms with E-state index in [0.717, 1.165) is 3.57 Å². The van der Waals surface area contributed by atoms with Gasteiger partial charge in [-0.2, -0.15) is 0 Å². The normalized spacial score (nSPS) is 12.5. The molecule has 1 atom stereocenters. The number of hydrogen-bond acceptors (Lipinski definition) is 4. The summed E-state index contributed by atoms with van der Waals surface area (Å²) in [5, 5.41) is 2.88. The minimum absolute atomic E-state index is 0.120. The van der Waals surface area contributed by atoms with E-state index >= 15 is 0 Å². The van der Waals surface area contributed by atoms with Crippen LogP contribution in [0, 0.1) is 9.39 Å². The zero-order valence-electron chi connectivity index (χ0n) is 9.17. The third-order valence-corrected chi connectivity index (χ3v) is 2.58. The molecule has 0 saturated heterocycles. The van der Waals surface area contributed by atoms with Crippen molar-refractivity contribution in [1.29, 1.82) is 0 Å². The molecule has 1 aromatic heterocycles. The van der Waals surface area contributed by atoms with Crippen LogP contribution in [0.2, 0.25) is 0 Å². The average molecular weight is 340 g/mol. The number of methoxy groups -OCH3 is 2. The predicted molar refractivity (Wildman–Crippen MR) is 68.1 cm³/mol. The molecule has 0 aliphatic heterocycles. The molecule has 0 saturated carbocycles. The summed E-state index contributed by atoms with van der Waals surface area (Å²) in [6, 6.07) is 1.42. The van der Waals surface area contributed by atoms with E-state index in [4.69, 9.17) is 9.47 Å². The van der Waals surface area contributed by atoms with Gasteiger partial charge in [0.1, 0.15) is 0 Å². The minimum atomic E-state index is -0.362. The Labute approximate surface area is 108 Å². The van der Waals surface area contributed by atoms with Crippen molar-refractivity contribution >= 4 is 28.4 Å². The largest absolute Gasteiger partial charge is 0.382 e. The highest BCUT2D eigenvalue weighted by Gasteiger charge is 2.09. The fourth-order valence-electron chi connectivity index (χ4n) is 1.15. The molecule has 1 rings (SSSR count). The number of rotatable bonds is 6. The topological polar surface area (TPSA) is 43.4 Å². The maximum Gasteiger partial charge on any atom is 0.166 e. The summed E-state index contributed by atoms with van der Waals surface area (Å²) in [7, 11) is 3.18. The summed E-state index contributed by atoms with van der Waals surface area (Å²) in [4.78, 5) is 3.95. The quantitative estimate of drug-likeness (QED) is 0.804. The van der Waals surface area contributed by atoms with Crippen LogP contribution in [0.25, 0.3) is 0 Å². The molecule has 90 valence electrons. The first-order chi connectivity index (χ1) is 7.67. The molecule has 16 heavy (non-hydrogen) atoms. The number of nitrogens with zero attached hydrogens (tertiary/aromatic N) is 1. The third-order valence-electron chi connectivity index (χ3n) is 1.99. The number of nitrogens with one attached hydrogen (secondary N) is 1. The monoisotopic (exact) mass is 340 g/mol. The Hall–Kier alpha value is -0.470. The smallest absolute Gasteiger partial charge is 0.166 e. The molecule has 0 bridgehead atoms. The van der Waals surface area contributed by atoms with Crippen molar-refractivity contribution in [3.05, 3.63) is 21.7 Å². The summed E-state index contributed by atoms with van der Waals surface area (Å²) in [5.74, 6) is -0.127. The Morgan fingerprint density at radius 3 is 2.88 bits per heavy atom. The van der Waals surface area contributed by atoms with E-state index in [-0.39, 0.29) is 17.7 Å². The number of ether oxygens (including phenoxy) is 2. The van der Waals surface area contributed by atoms with E-state index in [1.54, 1.807) is 20.4 Å². The number of hydrogen-bond donors (Lipinski definition) is 1. The molecule has 1 unspecified atom stereocenters. The summed E-state index contributed by atoms with van der Waals surface area (Å²) in [5.41, 5.74) is 0. The van der Waals surface area contributed by atoms with E-state index in [0.29, 0.717) is 13.2 Å². The lowest BCUT2D eigenvalue weighted by molar-refractivity contribution is 0.0365. The highest BCUT2D eigenvalue weighted by Crippen LogP contribution is 2.13. The van der Waals surface area contributed by atoms with Crippen LogP contribution in [0.3, 0.4) is 0 Å². The van der Waals surface area contributed by atoms with Crippen molar-refractivity contribution in [2.75, 3.05) is 32.7 Å². The molecular weight excluding hydrogens is 326 g/mol. The molecule has 0 aliphatic carbocycles. The number of anilines is 1. The van der Waals surface area contributed by atoms with E-state index in [2.05, 4.69) is 10.3 Å². The first-order valence-electron chi connectivity index (χ1n) is 4.74. The fraction of sp³-hybridized carbons (Fsp3) is 0.500. The molecule has 4 nitrogen and oxygen atoms in total. The number of aromatic nitrogens is 1. The SMILES string of the molecule is COCC(CNc1ncc(I)cc1F)OC. The lowest BCUT2D eigenvalue weighted by Gasteiger charge is -2.15. The molecule has 1 aromatic rings. The molecule has 0 radical (unpaired) electrons. The van der Waals surface area contributed by atoms with Gasteiger partial charge in [-0.05, 0) is 28.7 Å². The van der Waals surface area contributed by atoms with Gasteiger partial charge in [0.2, 0.25) is 0 Å². The lowest BCUT2D eigenvalue weighted by Crippen LogP contribution is -2.27. The molecule has 0 aliphatic rings. The van der Waals surface area contributed by atoms with E-state index in [1.807, 2.05) is 22.6 Å². The first-order valence-corrected chi connectivity index (χ1v) is 5.82. The molecule has 1 N–H and O–H groups in total. The first kappa shape index (κ1) is 13.6. The maximum absolute atomic E-state index is 13.4. The number of pyridine rings is 1. The van der Waals surface area contributed by atoms with Gasteiger partial charge in [-0.3, -0.25) is 0 Å². The fourth-order valence-corrected chi connectivity index (χ4v) is 1.56. The van der Waals surface area contributed by atoms with Crippen molar-refractivity contribution in [1.82, 2.24) is 4.98 Å². The molecule has 0 aromatic carbocycles. The van der Waals surface area contributed by atoms with Gasteiger partial charge in [-0.15, -0.1) is 0 Å². The van der Waals surface area contributed by atoms with Crippen molar-refractivity contribution < 1.29 is 13.9 Å². The Kier molecular flexibility index (Phi) is 5.93. The lowest BCUT2D eigenvalue weighted by atomic mass is 10.3. The van der Waals surface area contributed by atoms with Gasteiger partial charge in [0.15, 0.2) is 11.6 Å². The van der Waals surface area contributed by atoms with Gasteiger partial charge in [0, 0.05) is 30.5 Å². The van der Waals surface area contributed by atoms with Crippen LogP contribution in [-0.2, 0) is 9.47 Å². The van der Waals surface area contributed by atoms with E-state index in [1.165, 1.54) is 6.07 Å². The van der Waals surface area contributed by atoms with Crippen molar-refractivity contribution in [3.63, 3.8) is 0 Å². The minimum Gasteiger partial charge on any atom is -0.382 e. The van der Waals surface area contributed by atoms with Crippen LogP contribution >= 0.6 is 22.6 Å². The van der Waals surface area contributed by atoms with Gasteiger partial charge in [0.05, 0.1) is 12.7 Å². The summed E-state index contributed by atoms with van der Waals surface area (Å²) in [6.07, 6.45) is 1.48. The molecule has 0 amide bonds.